The van der Waals surface area contributed by atoms with Gasteiger partial charge >= 0.3 is 0 Å². The summed E-state index contributed by atoms with van der Waals surface area (Å²) in [5, 5.41) is 2.85. The van der Waals surface area contributed by atoms with Gasteiger partial charge < -0.3 is 20.9 Å². The third-order valence-corrected chi connectivity index (χ3v) is 5.20. The highest BCUT2D eigenvalue weighted by atomic mass is 79.9. The lowest BCUT2D eigenvalue weighted by Crippen LogP contribution is -2.36. The predicted molar refractivity (Wildman–Crippen MR) is 88.6 cm³/mol. The number of carbonyl (C=O) groups is 1. The first-order valence-electron chi connectivity index (χ1n) is 7.28. The summed E-state index contributed by atoms with van der Waals surface area (Å²) in [7, 11) is 4.28. The van der Waals surface area contributed by atoms with Gasteiger partial charge in [0.15, 0.2) is 0 Å². The highest BCUT2D eigenvalue weighted by Gasteiger charge is 2.29. The second-order valence-corrected chi connectivity index (χ2v) is 6.87. The van der Waals surface area contributed by atoms with E-state index in [9.17, 15) is 4.79 Å². The highest BCUT2D eigenvalue weighted by Crippen LogP contribution is 2.38. The first kappa shape index (κ1) is 14.8. The van der Waals surface area contributed by atoms with Gasteiger partial charge in [0.2, 0.25) is 5.91 Å². The van der Waals surface area contributed by atoms with Crippen LogP contribution in [0.15, 0.2) is 16.6 Å². The van der Waals surface area contributed by atoms with Gasteiger partial charge in [-0.3, -0.25) is 4.79 Å². The van der Waals surface area contributed by atoms with Crippen molar-refractivity contribution in [2.45, 2.75) is 24.9 Å². The van der Waals surface area contributed by atoms with Crippen molar-refractivity contribution in [3.8, 4) is 0 Å². The van der Waals surface area contributed by atoms with Crippen LogP contribution in [0, 0.1) is 0 Å². The van der Waals surface area contributed by atoms with Crippen molar-refractivity contribution in [2.75, 3.05) is 37.4 Å². The molecule has 21 heavy (non-hydrogen) atoms. The number of hydrogen-bond acceptors (Lipinski definition) is 4. The molecule has 3 rings (SSSR count). The zero-order valence-corrected chi connectivity index (χ0v) is 14.0. The molecular formula is C15H21BrN4O. The summed E-state index contributed by atoms with van der Waals surface area (Å²) in [6, 6.07) is 4.00. The number of likely N-dealkylation sites (tertiary alicyclic amines) is 1. The summed E-state index contributed by atoms with van der Waals surface area (Å²) in [4.78, 5) is 16.3. The molecule has 114 valence electrons. The van der Waals surface area contributed by atoms with Gasteiger partial charge in [0.1, 0.15) is 6.04 Å². The van der Waals surface area contributed by atoms with Gasteiger partial charge in [-0.15, -0.1) is 0 Å². The molecule has 5 nitrogen and oxygen atoms in total. The number of halogens is 1. The van der Waals surface area contributed by atoms with Crippen molar-refractivity contribution >= 4 is 33.2 Å². The molecule has 2 atom stereocenters. The van der Waals surface area contributed by atoms with Gasteiger partial charge in [0, 0.05) is 35.4 Å². The van der Waals surface area contributed by atoms with Crippen LogP contribution in [-0.2, 0) is 4.79 Å². The Morgan fingerprint density at radius 1 is 1.52 bits per heavy atom. The quantitative estimate of drug-likeness (QED) is 0.872. The van der Waals surface area contributed by atoms with Crippen LogP contribution in [0.2, 0.25) is 0 Å². The molecule has 2 unspecified atom stereocenters. The highest BCUT2D eigenvalue weighted by molar-refractivity contribution is 9.10. The number of amides is 1. The zero-order valence-electron chi connectivity index (χ0n) is 12.4. The Morgan fingerprint density at radius 2 is 2.29 bits per heavy atom. The molecule has 1 amide bonds. The molecule has 2 aliphatic rings. The second kappa shape index (κ2) is 5.59. The van der Waals surface area contributed by atoms with E-state index in [-0.39, 0.29) is 5.91 Å². The summed E-state index contributed by atoms with van der Waals surface area (Å²) in [6.07, 6.45) is 2.51. The Morgan fingerprint density at radius 3 is 2.95 bits per heavy atom. The van der Waals surface area contributed by atoms with E-state index in [0.717, 1.165) is 28.0 Å². The summed E-state index contributed by atoms with van der Waals surface area (Å²) < 4.78 is 0.983. The Kier molecular flexibility index (Phi) is 3.94. The van der Waals surface area contributed by atoms with Gasteiger partial charge in [-0.25, -0.2) is 0 Å². The van der Waals surface area contributed by atoms with Crippen molar-refractivity contribution in [3.05, 3.63) is 22.2 Å². The van der Waals surface area contributed by atoms with Crippen LogP contribution >= 0.6 is 15.9 Å². The van der Waals surface area contributed by atoms with Crippen molar-refractivity contribution in [2.24, 2.45) is 5.73 Å². The molecule has 0 aliphatic carbocycles. The Bertz CT molecular complexity index is 577. The number of benzene rings is 1. The number of fused-ring (bicyclic) bond motifs is 1. The van der Waals surface area contributed by atoms with Crippen LogP contribution < -0.4 is 16.0 Å². The van der Waals surface area contributed by atoms with E-state index in [1.807, 2.05) is 12.1 Å². The molecule has 0 bridgehead atoms. The first-order chi connectivity index (χ1) is 9.97. The van der Waals surface area contributed by atoms with Crippen LogP contribution in [0.5, 0.6) is 0 Å². The number of nitrogens with zero attached hydrogens (tertiary/aromatic N) is 2. The lowest BCUT2D eigenvalue weighted by atomic mass is 10.1. The van der Waals surface area contributed by atoms with Gasteiger partial charge in [-0.1, -0.05) is 0 Å². The molecule has 1 aromatic rings. The predicted octanol–water partition coefficient (Wildman–Crippen LogP) is 1.93. The third-order valence-electron chi connectivity index (χ3n) is 4.56. The number of nitrogens with one attached hydrogen (secondary N) is 1. The van der Waals surface area contributed by atoms with E-state index in [2.05, 4.69) is 45.1 Å². The van der Waals surface area contributed by atoms with Gasteiger partial charge in [0.25, 0.3) is 0 Å². The minimum Gasteiger partial charge on any atom is -0.372 e. The minimum atomic E-state index is -0.559. The van der Waals surface area contributed by atoms with E-state index >= 15 is 0 Å². The van der Waals surface area contributed by atoms with E-state index in [1.54, 1.807) is 0 Å². The molecule has 0 spiro atoms. The number of likely N-dealkylation sites (N-methyl/N-ethyl adjacent to an activating group) is 2. The maximum Gasteiger partial charge on any atom is 0.245 e. The van der Waals surface area contributed by atoms with Crippen LogP contribution in [0.1, 0.15) is 24.4 Å². The van der Waals surface area contributed by atoms with Gasteiger partial charge in [-0.05, 0) is 54.5 Å². The number of hydrogen-bond donors (Lipinski definition) is 2. The van der Waals surface area contributed by atoms with E-state index in [0.29, 0.717) is 6.04 Å². The average molecular weight is 353 g/mol. The molecular weight excluding hydrogens is 332 g/mol. The molecule has 2 heterocycles. The molecule has 1 aromatic carbocycles. The van der Waals surface area contributed by atoms with E-state index in [4.69, 9.17) is 5.73 Å². The van der Waals surface area contributed by atoms with Gasteiger partial charge in [-0.2, -0.15) is 0 Å². The molecule has 1 fully saturated rings. The summed E-state index contributed by atoms with van der Waals surface area (Å²) in [5.74, 6) is -0.132. The average Bonchev–Trinajstić information content (AvgIpc) is 2.95. The fraction of sp³-hybridized carbons (Fsp3) is 0.533. The lowest BCUT2D eigenvalue weighted by Gasteiger charge is -2.28. The fourth-order valence-corrected chi connectivity index (χ4v) is 3.88. The normalized spacial score (nSPS) is 25.0. The molecule has 2 aliphatic heterocycles. The smallest absolute Gasteiger partial charge is 0.245 e. The van der Waals surface area contributed by atoms with Crippen molar-refractivity contribution < 1.29 is 4.79 Å². The summed E-state index contributed by atoms with van der Waals surface area (Å²) in [5.41, 5.74) is 8.66. The third kappa shape index (κ3) is 2.67. The zero-order chi connectivity index (χ0) is 15.1. The van der Waals surface area contributed by atoms with Crippen molar-refractivity contribution in [1.82, 2.24) is 4.90 Å². The molecule has 0 saturated carbocycles. The first-order valence-corrected chi connectivity index (χ1v) is 8.08. The summed E-state index contributed by atoms with van der Waals surface area (Å²) in [6.45, 7) is 2.16. The molecule has 0 aromatic heterocycles. The monoisotopic (exact) mass is 352 g/mol. The maximum absolute atomic E-state index is 11.7. The summed E-state index contributed by atoms with van der Waals surface area (Å²) >= 11 is 3.61. The van der Waals surface area contributed by atoms with E-state index < -0.39 is 6.04 Å². The Balaban J connectivity index is 1.82. The number of rotatable bonds is 3. The maximum atomic E-state index is 11.7. The molecule has 6 heteroatoms. The number of carbonyl (C=O) groups excluding carboxylic acids is 1. The SMILES string of the molecule is CN(CC1CCCN1C)c1cc2c(cc1Br)C(N)C(=O)N2. The second-order valence-electron chi connectivity index (χ2n) is 6.01. The molecule has 3 N–H and O–H groups in total. The largest absolute Gasteiger partial charge is 0.372 e. The van der Waals surface area contributed by atoms with Crippen molar-refractivity contribution in [3.63, 3.8) is 0 Å². The molecule has 0 radical (unpaired) electrons. The molecule has 1 saturated heterocycles. The standard InChI is InChI=1S/C15H21BrN4O/c1-19-5-3-4-9(19)8-20(2)13-7-12-10(6-11(13)16)14(17)15(21)18-12/h6-7,9,14H,3-5,8,17H2,1-2H3,(H,18,21). The van der Waals surface area contributed by atoms with Crippen LogP contribution in [0.4, 0.5) is 11.4 Å². The topological polar surface area (TPSA) is 61.6 Å². The van der Waals surface area contributed by atoms with Crippen LogP contribution in [0.25, 0.3) is 0 Å². The lowest BCUT2D eigenvalue weighted by molar-refractivity contribution is -0.116. The fourth-order valence-electron chi connectivity index (χ4n) is 3.21. The Labute approximate surface area is 133 Å². The van der Waals surface area contributed by atoms with Crippen LogP contribution in [-0.4, -0.2) is 44.0 Å². The minimum absolute atomic E-state index is 0.132. The van der Waals surface area contributed by atoms with E-state index in [1.165, 1.54) is 19.4 Å². The van der Waals surface area contributed by atoms with Crippen molar-refractivity contribution in [1.29, 1.82) is 0 Å². The Hall–Kier alpha value is -1.11. The number of anilines is 2. The van der Waals surface area contributed by atoms with Crippen LogP contribution in [0.3, 0.4) is 0 Å². The number of nitrogens with two attached hydrogens (primary N) is 1. The van der Waals surface area contributed by atoms with Gasteiger partial charge in [0.05, 0.1) is 5.69 Å².